The second-order valence-electron chi connectivity index (χ2n) is 5.14. The third-order valence-corrected chi connectivity index (χ3v) is 4.13. The maximum atomic E-state index is 12.2. The van der Waals surface area contributed by atoms with E-state index in [1.807, 2.05) is 36.4 Å². The highest BCUT2D eigenvalue weighted by molar-refractivity contribution is 9.10. The first kappa shape index (κ1) is 14.3. The van der Waals surface area contributed by atoms with Crippen LogP contribution < -0.4 is 5.32 Å². The summed E-state index contributed by atoms with van der Waals surface area (Å²) in [5.74, 6) is -0.188. The zero-order valence-electron chi connectivity index (χ0n) is 11.5. The summed E-state index contributed by atoms with van der Waals surface area (Å²) in [4.78, 5) is 12.2. The van der Waals surface area contributed by atoms with Crippen LogP contribution in [0.15, 0.2) is 53.0 Å². The van der Waals surface area contributed by atoms with Crippen molar-refractivity contribution in [2.45, 2.75) is 25.6 Å². The van der Waals surface area contributed by atoms with Gasteiger partial charge < -0.3 is 10.1 Å². The molecule has 3 nitrogen and oxygen atoms in total. The van der Waals surface area contributed by atoms with Gasteiger partial charge in [-0.15, -0.1) is 0 Å². The topological polar surface area (TPSA) is 38.3 Å². The second kappa shape index (κ2) is 6.41. The number of rotatable bonds is 3. The smallest absolute Gasteiger partial charge is 0.323 e. The first-order chi connectivity index (χ1) is 10.2. The molecule has 21 heavy (non-hydrogen) atoms. The number of ether oxygens (including phenoxy) is 1. The molecule has 0 amide bonds. The van der Waals surface area contributed by atoms with Crippen LogP contribution in [-0.2, 0) is 29.1 Å². The molecule has 3 rings (SSSR count). The van der Waals surface area contributed by atoms with E-state index in [4.69, 9.17) is 4.74 Å². The van der Waals surface area contributed by atoms with Crippen molar-refractivity contribution in [3.63, 3.8) is 0 Å². The predicted octanol–water partition coefficient (Wildman–Crippen LogP) is 3.21. The standard InChI is InChI=1S/C17H16BrNO2/c18-15-7-6-13-9-16(19-10-14(13)8-15)17(20)21-11-12-4-2-1-3-5-12/h1-8,16,19H,9-11H2. The van der Waals surface area contributed by atoms with Crippen LogP contribution in [0.3, 0.4) is 0 Å². The van der Waals surface area contributed by atoms with Gasteiger partial charge in [0.05, 0.1) is 0 Å². The van der Waals surface area contributed by atoms with Gasteiger partial charge in [-0.1, -0.05) is 52.3 Å². The van der Waals surface area contributed by atoms with Gasteiger partial charge in [-0.2, -0.15) is 0 Å². The van der Waals surface area contributed by atoms with E-state index in [1.165, 1.54) is 11.1 Å². The van der Waals surface area contributed by atoms with Crippen molar-refractivity contribution in [2.24, 2.45) is 0 Å². The average molecular weight is 346 g/mol. The molecule has 0 saturated heterocycles. The number of fused-ring (bicyclic) bond motifs is 1. The fourth-order valence-corrected chi connectivity index (χ4v) is 2.89. The Hall–Kier alpha value is -1.65. The fraction of sp³-hybridized carbons (Fsp3) is 0.235. The lowest BCUT2D eigenvalue weighted by Crippen LogP contribution is -2.42. The number of hydrogen-bond donors (Lipinski definition) is 1. The summed E-state index contributed by atoms with van der Waals surface area (Å²) in [7, 11) is 0. The molecule has 0 saturated carbocycles. The Morgan fingerprint density at radius 1 is 1.19 bits per heavy atom. The maximum Gasteiger partial charge on any atom is 0.323 e. The molecule has 1 aliphatic rings. The molecule has 4 heteroatoms. The Morgan fingerprint density at radius 3 is 2.81 bits per heavy atom. The summed E-state index contributed by atoms with van der Waals surface area (Å²) in [6, 6.07) is 15.6. The monoisotopic (exact) mass is 345 g/mol. The molecule has 0 bridgehead atoms. The highest BCUT2D eigenvalue weighted by Gasteiger charge is 2.25. The predicted molar refractivity (Wildman–Crippen MR) is 84.7 cm³/mol. The van der Waals surface area contributed by atoms with Crippen LogP contribution in [0.5, 0.6) is 0 Å². The molecular weight excluding hydrogens is 330 g/mol. The van der Waals surface area contributed by atoms with Crippen molar-refractivity contribution >= 4 is 21.9 Å². The third kappa shape index (κ3) is 3.52. The van der Waals surface area contributed by atoms with E-state index in [2.05, 4.69) is 33.4 Å². The summed E-state index contributed by atoms with van der Waals surface area (Å²) in [5.41, 5.74) is 3.45. The van der Waals surface area contributed by atoms with Gasteiger partial charge in [-0.3, -0.25) is 4.79 Å². The zero-order chi connectivity index (χ0) is 14.7. The zero-order valence-corrected chi connectivity index (χ0v) is 13.1. The van der Waals surface area contributed by atoms with Crippen LogP contribution in [0.1, 0.15) is 16.7 Å². The van der Waals surface area contributed by atoms with Crippen molar-refractivity contribution in [1.82, 2.24) is 5.32 Å². The van der Waals surface area contributed by atoms with E-state index >= 15 is 0 Å². The lowest BCUT2D eigenvalue weighted by molar-refractivity contribution is -0.147. The van der Waals surface area contributed by atoms with Gasteiger partial charge in [0, 0.05) is 11.0 Å². The van der Waals surface area contributed by atoms with Crippen molar-refractivity contribution < 1.29 is 9.53 Å². The minimum Gasteiger partial charge on any atom is -0.460 e. The molecule has 2 aromatic rings. The van der Waals surface area contributed by atoms with Gasteiger partial charge in [0.15, 0.2) is 0 Å². The van der Waals surface area contributed by atoms with E-state index in [0.717, 1.165) is 10.0 Å². The maximum absolute atomic E-state index is 12.2. The van der Waals surface area contributed by atoms with Crippen LogP contribution in [0, 0.1) is 0 Å². The summed E-state index contributed by atoms with van der Waals surface area (Å²) < 4.78 is 6.46. The largest absolute Gasteiger partial charge is 0.460 e. The average Bonchev–Trinajstić information content (AvgIpc) is 2.53. The molecule has 1 N–H and O–H groups in total. The normalized spacial score (nSPS) is 17.1. The summed E-state index contributed by atoms with van der Waals surface area (Å²) >= 11 is 3.47. The highest BCUT2D eigenvalue weighted by atomic mass is 79.9. The summed E-state index contributed by atoms with van der Waals surface area (Å²) in [6.45, 7) is 1.02. The molecule has 0 aromatic heterocycles. The van der Waals surface area contributed by atoms with E-state index in [9.17, 15) is 4.79 Å². The number of carbonyl (C=O) groups excluding carboxylic acids is 1. The Kier molecular flexibility index (Phi) is 4.36. The minimum atomic E-state index is -0.262. The third-order valence-electron chi connectivity index (χ3n) is 3.64. The second-order valence-corrected chi connectivity index (χ2v) is 6.06. The Balaban J connectivity index is 1.60. The van der Waals surface area contributed by atoms with Gasteiger partial charge in [0.1, 0.15) is 12.6 Å². The molecule has 1 aliphatic heterocycles. The van der Waals surface area contributed by atoms with Crippen LogP contribution in [-0.4, -0.2) is 12.0 Å². The summed E-state index contributed by atoms with van der Waals surface area (Å²) in [5, 5.41) is 3.24. The number of carbonyl (C=O) groups is 1. The molecule has 2 aromatic carbocycles. The number of nitrogens with one attached hydrogen (secondary N) is 1. The molecule has 108 valence electrons. The van der Waals surface area contributed by atoms with Crippen molar-refractivity contribution in [2.75, 3.05) is 0 Å². The van der Waals surface area contributed by atoms with Crippen LogP contribution in [0.25, 0.3) is 0 Å². The Bertz CT molecular complexity index is 642. The highest BCUT2D eigenvalue weighted by Crippen LogP contribution is 2.21. The van der Waals surface area contributed by atoms with Crippen LogP contribution >= 0.6 is 15.9 Å². The number of halogens is 1. The van der Waals surface area contributed by atoms with Crippen molar-refractivity contribution in [3.8, 4) is 0 Å². The van der Waals surface area contributed by atoms with Gasteiger partial charge in [-0.05, 0) is 35.2 Å². The first-order valence-electron chi connectivity index (χ1n) is 6.93. The fourth-order valence-electron chi connectivity index (χ4n) is 2.48. The lowest BCUT2D eigenvalue weighted by atomic mass is 9.96. The minimum absolute atomic E-state index is 0.188. The SMILES string of the molecule is O=C(OCc1ccccc1)C1Cc2ccc(Br)cc2CN1. The van der Waals surface area contributed by atoms with Crippen molar-refractivity contribution in [1.29, 1.82) is 0 Å². The number of benzene rings is 2. The van der Waals surface area contributed by atoms with Gasteiger partial charge in [0.2, 0.25) is 0 Å². The molecule has 0 radical (unpaired) electrons. The molecule has 1 atom stereocenters. The molecule has 0 fully saturated rings. The van der Waals surface area contributed by atoms with Crippen molar-refractivity contribution in [3.05, 3.63) is 69.7 Å². The molecule has 1 unspecified atom stereocenters. The lowest BCUT2D eigenvalue weighted by Gasteiger charge is -2.25. The Labute approximate surface area is 132 Å². The van der Waals surface area contributed by atoms with Crippen LogP contribution in [0.2, 0.25) is 0 Å². The van der Waals surface area contributed by atoms with E-state index in [1.54, 1.807) is 0 Å². The number of esters is 1. The van der Waals surface area contributed by atoms with Gasteiger partial charge >= 0.3 is 5.97 Å². The first-order valence-corrected chi connectivity index (χ1v) is 7.73. The Morgan fingerprint density at radius 2 is 2.00 bits per heavy atom. The van der Waals surface area contributed by atoms with E-state index in [0.29, 0.717) is 19.6 Å². The quantitative estimate of drug-likeness (QED) is 0.868. The van der Waals surface area contributed by atoms with Gasteiger partial charge in [-0.25, -0.2) is 0 Å². The van der Waals surface area contributed by atoms with Gasteiger partial charge in [0.25, 0.3) is 0 Å². The summed E-state index contributed by atoms with van der Waals surface area (Å²) in [6.07, 6.45) is 0.677. The molecule has 0 spiro atoms. The van der Waals surface area contributed by atoms with E-state index < -0.39 is 0 Å². The molecule has 0 aliphatic carbocycles. The number of hydrogen-bond acceptors (Lipinski definition) is 3. The van der Waals surface area contributed by atoms with E-state index in [-0.39, 0.29) is 12.0 Å². The molecule has 1 heterocycles. The van der Waals surface area contributed by atoms with Crippen LogP contribution in [0.4, 0.5) is 0 Å². The molecular formula is C17H16BrNO2.